The van der Waals surface area contributed by atoms with E-state index < -0.39 is 23.6 Å². The molecule has 9 heteroatoms. The maximum absolute atomic E-state index is 13.4. The summed E-state index contributed by atoms with van der Waals surface area (Å²) in [5.41, 5.74) is 3.20. The average Bonchev–Trinajstić information content (AvgIpc) is 3.04. The van der Waals surface area contributed by atoms with E-state index in [1.54, 1.807) is 26.8 Å². The Morgan fingerprint density at radius 3 is 1.89 bits per heavy atom. The van der Waals surface area contributed by atoms with Gasteiger partial charge < -0.3 is 25.1 Å². The maximum Gasteiger partial charge on any atom is 0.312 e. The van der Waals surface area contributed by atoms with E-state index in [0.29, 0.717) is 64.8 Å². The van der Waals surface area contributed by atoms with Crippen molar-refractivity contribution in [1.29, 1.82) is 0 Å². The highest BCUT2D eigenvalue weighted by atomic mass is 16.3. The fourth-order valence-corrected chi connectivity index (χ4v) is 6.12. The van der Waals surface area contributed by atoms with Crippen LogP contribution < -0.4 is 5.32 Å². The highest BCUT2D eigenvalue weighted by Gasteiger charge is 2.39. The van der Waals surface area contributed by atoms with E-state index in [4.69, 9.17) is 0 Å². The largest absolute Gasteiger partial charge is 0.508 e. The van der Waals surface area contributed by atoms with Crippen molar-refractivity contribution in [3.63, 3.8) is 0 Å². The highest BCUT2D eigenvalue weighted by molar-refractivity contribution is 6.36. The van der Waals surface area contributed by atoms with Crippen molar-refractivity contribution in [2.75, 3.05) is 32.7 Å². The zero-order chi connectivity index (χ0) is 30.9. The van der Waals surface area contributed by atoms with E-state index in [-0.39, 0.29) is 17.8 Å². The molecule has 0 aromatic heterocycles. The molecule has 0 radical (unpaired) electrons. The number of hydrogen-bond donors (Lipinski definition) is 2. The van der Waals surface area contributed by atoms with Gasteiger partial charge in [0.15, 0.2) is 0 Å². The molecule has 0 saturated carbocycles. The zero-order valence-corrected chi connectivity index (χ0v) is 24.9. The van der Waals surface area contributed by atoms with Crippen LogP contribution in [0.15, 0.2) is 84.9 Å². The number of nitrogens with zero attached hydrogens (tertiary/aromatic N) is 3. The van der Waals surface area contributed by atoms with Crippen molar-refractivity contribution < 1.29 is 24.3 Å². The predicted molar refractivity (Wildman–Crippen MR) is 167 cm³/mol. The van der Waals surface area contributed by atoms with E-state index in [9.17, 15) is 24.3 Å². The van der Waals surface area contributed by atoms with Gasteiger partial charge in [0.2, 0.25) is 0 Å². The molecule has 0 spiro atoms. The molecule has 2 fully saturated rings. The Hall–Kier alpha value is -4.66. The number of unbranched alkanes of at least 4 members (excludes halogenated alkanes) is 1. The molecule has 3 aromatic carbocycles. The van der Waals surface area contributed by atoms with Gasteiger partial charge in [-0.05, 0) is 67.3 Å². The quantitative estimate of drug-likeness (QED) is 0.233. The molecular weight excluding hydrogens is 556 g/mol. The minimum Gasteiger partial charge on any atom is -0.508 e. The molecule has 2 atom stereocenters. The Bertz CT molecular complexity index is 1430. The summed E-state index contributed by atoms with van der Waals surface area (Å²) < 4.78 is 0. The number of amides is 4. The Morgan fingerprint density at radius 1 is 0.636 bits per heavy atom. The van der Waals surface area contributed by atoms with Crippen LogP contribution in [0.3, 0.4) is 0 Å². The molecule has 2 heterocycles. The first-order chi connectivity index (χ1) is 21.4. The monoisotopic (exact) mass is 596 g/mol. The summed E-state index contributed by atoms with van der Waals surface area (Å²) in [6.07, 6.45) is 4.04. The lowest BCUT2D eigenvalue weighted by Crippen LogP contribution is -2.60. The van der Waals surface area contributed by atoms with E-state index in [1.807, 2.05) is 72.8 Å². The summed E-state index contributed by atoms with van der Waals surface area (Å²) >= 11 is 0. The third kappa shape index (κ3) is 7.83. The van der Waals surface area contributed by atoms with E-state index >= 15 is 0 Å². The number of carbonyl (C=O) groups is 4. The van der Waals surface area contributed by atoms with Crippen molar-refractivity contribution in [3.8, 4) is 5.75 Å². The first-order valence-corrected chi connectivity index (χ1v) is 15.4. The minimum atomic E-state index is -0.564. The second-order valence-corrected chi connectivity index (χ2v) is 11.6. The summed E-state index contributed by atoms with van der Waals surface area (Å²) in [6, 6.07) is 26.5. The number of piperazine rings is 2. The van der Waals surface area contributed by atoms with E-state index in [2.05, 4.69) is 5.32 Å². The Kier molecular flexibility index (Phi) is 10.3. The SMILES string of the molecule is O=C1NC[C@@H](CCCCN2C[C@H](Cc3ccccc3)N(CCc3ccc(O)cc3)C(=O)C2=O)N(CCc2ccccc2)C1=O. The zero-order valence-electron chi connectivity index (χ0n) is 24.9. The van der Waals surface area contributed by atoms with Crippen LogP contribution in [0.4, 0.5) is 0 Å². The van der Waals surface area contributed by atoms with Gasteiger partial charge in [0.05, 0.1) is 6.04 Å². The minimum absolute atomic E-state index is 0.108. The smallest absolute Gasteiger partial charge is 0.312 e. The first-order valence-electron chi connectivity index (χ1n) is 15.4. The van der Waals surface area contributed by atoms with Crippen LogP contribution in [-0.4, -0.2) is 88.2 Å². The molecule has 44 heavy (non-hydrogen) atoms. The molecule has 3 aromatic rings. The fraction of sp³-hybridized carbons (Fsp3) is 0.371. The number of hydrogen-bond acceptors (Lipinski definition) is 5. The lowest BCUT2D eigenvalue weighted by Gasteiger charge is -2.41. The van der Waals surface area contributed by atoms with Crippen molar-refractivity contribution in [2.45, 2.75) is 50.6 Å². The van der Waals surface area contributed by atoms with Gasteiger partial charge in [-0.3, -0.25) is 19.2 Å². The number of phenols is 1. The number of benzene rings is 3. The summed E-state index contributed by atoms with van der Waals surface area (Å²) in [5, 5.41) is 12.3. The Morgan fingerprint density at radius 2 is 1.23 bits per heavy atom. The van der Waals surface area contributed by atoms with Crippen LogP contribution in [0.25, 0.3) is 0 Å². The lowest BCUT2D eigenvalue weighted by molar-refractivity contribution is -0.159. The number of phenolic OH excluding ortho intramolecular Hbond substituents is 1. The molecule has 2 aliphatic heterocycles. The third-order valence-corrected chi connectivity index (χ3v) is 8.59. The molecule has 230 valence electrons. The molecule has 9 nitrogen and oxygen atoms in total. The van der Waals surface area contributed by atoms with Crippen molar-refractivity contribution in [1.82, 2.24) is 20.0 Å². The number of rotatable bonds is 13. The van der Waals surface area contributed by atoms with E-state index in [1.165, 1.54) is 0 Å². The third-order valence-electron chi connectivity index (χ3n) is 8.59. The van der Waals surface area contributed by atoms with Crippen LogP contribution >= 0.6 is 0 Å². The molecule has 5 rings (SSSR count). The topological polar surface area (TPSA) is 110 Å². The van der Waals surface area contributed by atoms with Crippen LogP contribution in [-0.2, 0) is 38.4 Å². The molecule has 2 N–H and O–H groups in total. The second kappa shape index (κ2) is 14.7. The average molecular weight is 597 g/mol. The summed E-state index contributed by atoms with van der Waals surface area (Å²) in [4.78, 5) is 56.5. The maximum atomic E-state index is 13.4. The molecule has 2 aliphatic rings. The molecule has 4 amide bonds. The predicted octanol–water partition coefficient (Wildman–Crippen LogP) is 2.96. The van der Waals surface area contributed by atoms with Gasteiger partial charge in [0.25, 0.3) is 0 Å². The highest BCUT2D eigenvalue weighted by Crippen LogP contribution is 2.20. The lowest BCUT2D eigenvalue weighted by atomic mass is 9.99. The Balaban J connectivity index is 1.18. The molecule has 0 aliphatic carbocycles. The Labute approximate surface area is 258 Å². The van der Waals surface area contributed by atoms with Crippen molar-refractivity contribution in [2.24, 2.45) is 0 Å². The van der Waals surface area contributed by atoms with Crippen molar-refractivity contribution >= 4 is 23.6 Å². The molecular formula is C35H40N4O5. The molecule has 0 unspecified atom stereocenters. The van der Waals surface area contributed by atoms with E-state index in [0.717, 1.165) is 23.1 Å². The molecule has 2 saturated heterocycles. The second-order valence-electron chi connectivity index (χ2n) is 11.6. The van der Waals surface area contributed by atoms with Gasteiger partial charge in [-0.2, -0.15) is 0 Å². The van der Waals surface area contributed by atoms with Gasteiger partial charge in [-0.15, -0.1) is 0 Å². The van der Waals surface area contributed by atoms with Crippen LogP contribution in [0.1, 0.15) is 36.0 Å². The normalized spacial score (nSPS) is 19.0. The van der Waals surface area contributed by atoms with Gasteiger partial charge >= 0.3 is 23.6 Å². The van der Waals surface area contributed by atoms with Gasteiger partial charge in [-0.25, -0.2) is 0 Å². The van der Waals surface area contributed by atoms with Gasteiger partial charge in [0.1, 0.15) is 5.75 Å². The van der Waals surface area contributed by atoms with Crippen LogP contribution in [0.2, 0.25) is 0 Å². The first kappa shape index (κ1) is 30.8. The van der Waals surface area contributed by atoms with Crippen LogP contribution in [0, 0.1) is 0 Å². The number of aromatic hydroxyl groups is 1. The van der Waals surface area contributed by atoms with Crippen molar-refractivity contribution in [3.05, 3.63) is 102 Å². The standard InChI is InChI=1S/C35H40N4O5/c40-31-16-14-27(15-17-31)19-22-39-30(23-28-11-5-2-6-12-28)25-37(34(43)35(39)44)20-8-7-13-29-24-36-32(41)33(42)38(29)21-18-26-9-3-1-4-10-26/h1-6,9-12,14-17,29-30,40H,7-8,13,18-25H2,(H,36,41)/t29-,30+/m1/s1. The number of nitrogens with one attached hydrogen (secondary N) is 1. The molecule has 0 bridgehead atoms. The fourth-order valence-electron chi connectivity index (χ4n) is 6.12. The number of carbonyl (C=O) groups excluding carboxylic acids is 4. The van der Waals surface area contributed by atoms with Gasteiger partial charge in [0, 0.05) is 38.8 Å². The summed E-state index contributed by atoms with van der Waals surface area (Å²) in [7, 11) is 0. The summed E-state index contributed by atoms with van der Waals surface area (Å²) in [5.74, 6) is -1.83. The van der Waals surface area contributed by atoms with Crippen LogP contribution in [0.5, 0.6) is 5.75 Å². The summed E-state index contributed by atoms with van der Waals surface area (Å²) in [6.45, 7) is 2.21. The van der Waals surface area contributed by atoms with Gasteiger partial charge in [-0.1, -0.05) is 72.8 Å².